The van der Waals surface area contributed by atoms with Gasteiger partial charge in [-0.2, -0.15) is 5.26 Å². The molecule has 3 rings (SSSR count). The lowest BCUT2D eigenvalue weighted by molar-refractivity contribution is -0.126. The minimum absolute atomic E-state index is 0.0682. The van der Waals surface area contributed by atoms with Crippen LogP contribution in [0.2, 0.25) is 0 Å². The first-order chi connectivity index (χ1) is 15.6. The van der Waals surface area contributed by atoms with Crippen LogP contribution in [0, 0.1) is 23.7 Å². The summed E-state index contributed by atoms with van der Waals surface area (Å²) in [6, 6.07) is 15.6. The molecule has 7 heteroatoms. The Kier molecular flexibility index (Phi) is 8.19. The second-order valence-electron chi connectivity index (χ2n) is 7.03. The first-order valence-corrected chi connectivity index (χ1v) is 11.1. The van der Waals surface area contributed by atoms with Crippen molar-refractivity contribution in [2.24, 2.45) is 0 Å². The van der Waals surface area contributed by atoms with Gasteiger partial charge in [-0.15, -0.1) is 6.42 Å². The van der Waals surface area contributed by atoms with E-state index < -0.39 is 0 Å². The molecule has 1 amide bonds. The lowest BCUT2D eigenvalue weighted by Gasteiger charge is -2.36. The Morgan fingerprint density at radius 2 is 1.84 bits per heavy atom. The van der Waals surface area contributed by atoms with Gasteiger partial charge >= 0.3 is 0 Å². The Morgan fingerprint density at radius 1 is 1.16 bits per heavy atom. The first-order valence-electron chi connectivity index (χ1n) is 10.3. The van der Waals surface area contributed by atoms with Gasteiger partial charge < -0.3 is 19.3 Å². The molecule has 0 radical (unpaired) electrons. The van der Waals surface area contributed by atoms with Gasteiger partial charge in [0.1, 0.15) is 18.2 Å². The number of halogens is 1. The molecule has 2 aromatic rings. The number of nitriles is 1. The number of para-hydroxylation sites is 1. The summed E-state index contributed by atoms with van der Waals surface area (Å²) in [5.41, 5.74) is 1.85. The van der Waals surface area contributed by atoms with Crippen LogP contribution in [0.15, 0.2) is 52.5 Å². The van der Waals surface area contributed by atoms with Gasteiger partial charge in [0.2, 0.25) is 0 Å². The quantitative estimate of drug-likeness (QED) is 0.329. The number of benzene rings is 2. The number of ether oxygens (including phenoxy) is 2. The lowest BCUT2D eigenvalue weighted by Crippen LogP contribution is -2.49. The molecule has 164 valence electrons. The number of carbonyl (C=O) groups is 1. The summed E-state index contributed by atoms with van der Waals surface area (Å²) in [6.45, 7) is 4.95. The van der Waals surface area contributed by atoms with Crippen molar-refractivity contribution >= 4 is 33.6 Å². The monoisotopic (exact) mass is 493 g/mol. The van der Waals surface area contributed by atoms with Crippen LogP contribution in [0.4, 0.5) is 5.69 Å². The second kappa shape index (κ2) is 11.3. The molecule has 0 unspecified atom stereocenters. The Bertz CT molecular complexity index is 1060. The second-order valence-corrected chi connectivity index (χ2v) is 7.89. The van der Waals surface area contributed by atoms with E-state index >= 15 is 0 Å². The molecule has 0 aliphatic carbocycles. The predicted octanol–water partition coefficient (Wildman–Crippen LogP) is 4.12. The van der Waals surface area contributed by atoms with Crippen molar-refractivity contribution in [2.75, 3.05) is 44.3 Å². The number of piperazine rings is 1. The van der Waals surface area contributed by atoms with Crippen LogP contribution >= 0.6 is 15.9 Å². The maximum Gasteiger partial charge on any atom is 0.264 e. The highest BCUT2D eigenvalue weighted by Crippen LogP contribution is 2.35. The Labute approximate surface area is 197 Å². The van der Waals surface area contributed by atoms with Crippen molar-refractivity contribution in [3.05, 3.63) is 58.1 Å². The molecule has 1 fully saturated rings. The number of hydrogen-bond acceptors (Lipinski definition) is 5. The molecule has 6 nitrogen and oxygen atoms in total. The summed E-state index contributed by atoms with van der Waals surface area (Å²) in [6.07, 6.45) is 6.85. The van der Waals surface area contributed by atoms with E-state index in [4.69, 9.17) is 15.9 Å². The van der Waals surface area contributed by atoms with Gasteiger partial charge in [-0.25, -0.2) is 0 Å². The van der Waals surface area contributed by atoms with Crippen LogP contribution < -0.4 is 14.4 Å². The van der Waals surface area contributed by atoms with Crippen molar-refractivity contribution < 1.29 is 14.3 Å². The minimum Gasteiger partial charge on any atom is -0.490 e. The fraction of sp³-hybridized carbons (Fsp3) is 0.280. The molecule has 2 aromatic carbocycles. The highest BCUT2D eigenvalue weighted by Gasteiger charge is 2.24. The zero-order valence-electron chi connectivity index (χ0n) is 17.9. The van der Waals surface area contributed by atoms with Crippen LogP contribution in [-0.4, -0.2) is 50.2 Å². The Balaban J connectivity index is 1.77. The van der Waals surface area contributed by atoms with Crippen LogP contribution in [0.25, 0.3) is 6.08 Å². The van der Waals surface area contributed by atoms with Crippen molar-refractivity contribution in [3.8, 4) is 29.9 Å². The smallest absolute Gasteiger partial charge is 0.264 e. The summed E-state index contributed by atoms with van der Waals surface area (Å²) in [5, 5.41) is 9.68. The van der Waals surface area contributed by atoms with Crippen molar-refractivity contribution in [3.63, 3.8) is 0 Å². The van der Waals surface area contributed by atoms with Crippen LogP contribution in [0.1, 0.15) is 12.5 Å². The molecule has 32 heavy (non-hydrogen) atoms. The number of anilines is 1. The molecule has 0 spiro atoms. The predicted molar refractivity (Wildman–Crippen MR) is 128 cm³/mol. The molecular weight excluding hydrogens is 470 g/mol. The summed E-state index contributed by atoms with van der Waals surface area (Å²) >= 11 is 3.49. The summed E-state index contributed by atoms with van der Waals surface area (Å²) in [4.78, 5) is 17.0. The van der Waals surface area contributed by atoms with E-state index in [1.807, 2.05) is 25.1 Å². The number of nitrogens with zero attached hydrogens (tertiary/aromatic N) is 3. The third kappa shape index (κ3) is 5.63. The molecule has 1 saturated heterocycles. The van der Waals surface area contributed by atoms with Gasteiger partial charge in [0.05, 0.1) is 6.61 Å². The normalized spacial score (nSPS) is 13.8. The average Bonchev–Trinajstić information content (AvgIpc) is 2.83. The van der Waals surface area contributed by atoms with Crippen LogP contribution in [0.3, 0.4) is 0 Å². The third-order valence-electron chi connectivity index (χ3n) is 5.01. The number of hydrogen-bond donors (Lipinski definition) is 0. The molecule has 0 saturated carbocycles. The lowest BCUT2D eigenvalue weighted by atomic mass is 10.1. The van der Waals surface area contributed by atoms with Gasteiger partial charge in [0, 0.05) is 36.3 Å². The van der Waals surface area contributed by atoms with E-state index in [9.17, 15) is 10.1 Å². The number of carbonyl (C=O) groups excluding carboxylic acids is 1. The van der Waals surface area contributed by atoms with E-state index in [2.05, 4.69) is 45.0 Å². The van der Waals surface area contributed by atoms with E-state index in [1.165, 1.54) is 0 Å². The van der Waals surface area contributed by atoms with Crippen molar-refractivity contribution in [1.82, 2.24) is 4.90 Å². The van der Waals surface area contributed by atoms with Gasteiger partial charge in [0.15, 0.2) is 11.5 Å². The van der Waals surface area contributed by atoms with Crippen LogP contribution in [0.5, 0.6) is 11.5 Å². The standard InChI is InChI=1S/C25H24BrN3O3/c1-3-14-32-24-17-22(26)19(16-23(24)31-4-2)15-20(18-27)25(30)29-12-10-28(11-13-29)21-8-6-5-7-9-21/h1,5-9,15-17H,4,10-14H2,2H3/b20-15+. The van der Waals surface area contributed by atoms with E-state index in [0.29, 0.717) is 54.3 Å². The van der Waals surface area contributed by atoms with Gasteiger partial charge in [-0.05, 0) is 42.8 Å². The Morgan fingerprint density at radius 3 is 2.47 bits per heavy atom. The molecular formula is C25H24BrN3O3. The van der Waals surface area contributed by atoms with Crippen molar-refractivity contribution in [2.45, 2.75) is 6.92 Å². The SMILES string of the molecule is C#CCOc1cc(Br)c(/C=C(\C#N)C(=O)N2CCN(c3ccccc3)CC2)cc1OCC. The van der Waals surface area contributed by atoms with Gasteiger partial charge in [0.25, 0.3) is 5.91 Å². The molecule has 0 atom stereocenters. The van der Waals surface area contributed by atoms with E-state index in [1.54, 1.807) is 23.1 Å². The largest absolute Gasteiger partial charge is 0.490 e. The molecule has 0 N–H and O–H groups in total. The van der Waals surface area contributed by atoms with E-state index in [0.717, 1.165) is 5.69 Å². The fourth-order valence-corrected chi connectivity index (χ4v) is 3.87. The highest BCUT2D eigenvalue weighted by molar-refractivity contribution is 9.10. The molecule has 1 aliphatic heterocycles. The van der Waals surface area contributed by atoms with Gasteiger partial charge in [-0.3, -0.25) is 4.79 Å². The molecule has 1 heterocycles. The zero-order valence-corrected chi connectivity index (χ0v) is 19.5. The van der Waals surface area contributed by atoms with Crippen molar-refractivity contribution in [1.29, 1.82) is 5.26 Å². The number of amides is 1. The van der Waals surface area contributed by atoms with Gasteiger partial charge in [-0.1, -0.05) is 40.0 Å². The number of rotatable bonds is 7. The van der Waals surface area contributed by atoms with E-state index in [-0.39, 0.29) is 18.1 Å². The fourth-order valence-electron chi connectivity index (χ4n) is 3.44. The Hall–Kier alpha value is -3.42. The van der Waals surface area contributed by atoms with Crippen LogP contribution in [-0.2, 0) is 4.79 Å². The average molecular weight is 494 g/mol. The molecule has 0 aromatic heterocycles. The molecule has 0 bridgehead atoms. The summed E-state index contributed by atoms with van der Waals surface area (Å²) < 4.78 is 11.9. The minimum atomic E-state index is -0.280. The first kappa shape index (κ1) is 23.2. The summed E-state index contributed by atoms with van der Waals surface area (Å²) in [5.74, 6) is 3.14. The zero-order chi connectivity index (χ0) is 22.9. The maximum absolute atomic E-state index is 13.0. The number of terminal acetylenes is 1. The summed E-state index contributed by atoms with van der Waals surface area (Å²) in [7, 11) is 0. The maximum atomic E-state index is 13.0. The molecule has 1 aliphatic rings. The highest BCUT2D eigenvalue weighted by atomic mass is 79.9. The topological polar surface area (TPSA) is 65.8 Å². The third-order valence-corrected chi connectivity index (χ3v) is 5.70.